The van der Waals surface area contributed by atoms with E-state index in [9.17, 15) is 14.7 Å². The minimum absolute atomic E-state index is 0.111. The lowest BCUT2D eigenvalue weighted by Crippen LogP contribution is -2.68. The summed E-state index contributed by atoms with van der Waals surface area (Å²) in [5.41, 5.74) is -0.179. The third kappa shape index (κ3) is 5.07. The molecule has 33 heavy (non-hydrogen) atoms. The summed E-state index contributed by atoms with van der Waals surface area (Å²) in [6, 6.07) is 5.27. The molecule has 3 aliphatic carbocycles. The molecule has 0 saturated heterocycles. The quantitative estimate of drug-likeness (QED) is 0.336. The summed E-state index contributed by atoms with van der Waals surface area (Å²) in [5.74, 6) is 0.204. The van der Waals surface area contributed by atoms with Gasteiger partial charge in [0.2, 0.25) is 6.41 Å². The molecule has 4 rings (SSSR count). The van der Waals surface area contributed by atoms with Crippen LogP contribution in [0.25, 0.3) is 0 Å². The minimum atomic E-state index is -0.719. The van der Waals surface area contributed by atoms with Crippen LogP contribution in [0.3, 0.4) is 0 Å². The van der Waals surface area contributed by atoms with Crippen LogP contribution in [0.15, 0.2) is 18.2 Å². The molecule has 3 aliphatic rings. The predicted octanol–water partition coefficient (Wildman–Crippen LogP) is 3.09. The molecule has 7 nitrogen and oxygen atoms in total. The number of fused-ring (bicyclic) bond motifs is 2. The van der Waals surface area contributed by atoms with Gasteiger partial charge in [-0.15, -0.1) is 0 Å². The third-order valence-electron chi connectivity index (χ3n) is 7.46. The predicted molar refractivity (Wildman–Crippen MR) is 126 cm³/mol. The number of aliphatic hydroxyl groups excluding tert-OH is 1. The number of nitrogens with one attached hydrogen (secondary N) is 1. The van der Waals surface area contributed by atoms with Crippen molar-refractivity contribution in [3.8, 4) is 5.75 Å². The molecule has 3 fully saturated rings. The molecular weight excluding hydrogens is 421 g/mol. The first-order chi connectivity index (χ1) is 15.3. The first-order valence-electron chi connectivity index (χ1n) is 11.6. The summed E-state index contributed by atoms with van der Waals surface area (Å²) >= 11 is 0. The Morgan fingerprint density at radius 3 is 2.58 bits per heavy atom. The van der Waals surface area contributed by atoms with Gasteiger partial charge in [0.15, 0.2) is 0 Å². The summed E-state index contributed by atoms with van der Waals surface area (Å²) in [6.45, 7) is 11.8. The maximum absolute atomic E-state index is 12.7. The topological polar surface area (TPSA) is 94.1 Å². The number of ether oxygens (including phenoxy) is 2. The van der Waals surface area contributed by atoms with Crippen molar-refractivity contribution in [3.63, 3.8) is 0 Å². The van der Waals surface area contributed by atoms with Gasteiger partial charge in [0, 0.05) is 5.94 Å². The standard InChI is InChI=1S/C25H37BNO6/c1-23(2,3)32-22(30)17-10-8-9-15(21(17)31-7)11-20(27-14-28)26-33-25(6)18-12-16(13-19(25)29)24(18,4)5/h8-10,14,16,18-20,29H,11-13H2,1-7H3,(H,27,28). The number of rotatable bonds is 9. The van der Waals surface area contributed by atoms with E-state index in [0.29, 0.717) is 36.5 Å². The molecule has 1 radical (unpaired) electrons. The fourth-order valence-corrected chi connectivity index (χ4v) is 5.46. The van der Waals surface area contributed by atoms with Crippen molar-refractivity contribution in [2.45, 2.75) is 84.1 Å². The summed E-state index contributed by atoms with van der Waals surface area (Å²) in [7, 11) is 3.11. The van der Waals surface area contributed by atoms with Gasteiger partial charge in [-0.25, -0.2) is 4.79 Å². The lowest BCUT2D eigenvalue weighted by atomic mass is 9.43. The molecule has 2 bridgehead atoms. The van der Waals surface area contributed by atoms with Gasteiger partial charge in [0.1, 0.15) is 16.9 Å². The van der Waals surface area contributed by atoms with Gasteiger partial charge in [-0.3, -0.25) is 4.79 Å². The summed E-state index contributed by atoms with van der Waals surface area (Å²) in [6.07, 6.45) is 2.16. The van der Waals surface area contributed by atoms with Crippen molar-refractivity contribution in [1.29, 1.82) is 0 Å². The number of hydrogen-bond donors (Lipinski definition) is 2. The van der Waals surface area contributed by atoms with E-state index in [1.54, 1.807) is 19.6 Å². The number of amides is 1. The van der Waals surface area contributed by atoms with E-state index in [0.717, 1.165) is 12.0 Å². The Hall–Kier alpha value is -2.06. The molecule has 1 aromatic rings. The molecule has 3 saturated carbocycles. The highest BCUT2D eigenvalue weighted by Gasteiger charge is 2.63. The molecule has 0 aliphatic heterocycles. The van der Waals surface area contributed by atoms with Crippen LogP contribution >= 0.6 is 0 Å². The molecule has 181 valence electrons. The van der Waals surface area contributed by atoms with Crippen LogP contribution in [-0.2, 0) is 20.6 Å². The number of carbonyl (C=O) groups is 2. The van der Waals surface area contributed by atoms with E-state index >= 15 is 0 Å². The van der Waals surface area contributed by atoms with E-state index in [-0.39, 0.29) is 11.3 Å². The Labute approximate surface area is 197 Å². The summed E-state index contributed by atoms with van der Waals surface area (Å²) < 4.78 is 17.3. The lowest BCUT2D eigenvalue weighted by Gasteiger charge is -2.66. The maximum atomic E-state index is 12.7. The Bertz CT molecular complexity index is 882. The second-order valence-electron chi connectivity index (χ2n) is 11.1. The SMILES string of the molecule is COc1c(CC([B]OC2(C)C(O)CC3CC2C3(C)C)NC=O)cccc1C(=O)OC(C)(C)C. The zero-order valence-corrected chi connectivity index (χ0v) is 20.8. The van der Waals surface area contributed by atoms with E-state index in [1.807, 2.05) is 33.8 Å². The first-order valence-corrected chi connectivity index (χ1v) is 11.6. The molecule has 5 atom stereocenters. The number of benzene rings is 1. The largest absolute Gasteiger partial charge is 0.496 e. The van der Waals surface area contributed by atoms with Crippen LogP contribution < -0.4 is 10.1 Å². The van der Waals surface area contributed by atoms with Gasteiger partial charge >= 0.3 is 13.5 Å². The Balaban J connectivity index is 1.77. The third-order valence-corrected chi connectivity index (χ3v) is 7.46. The highest BCUT2D eigenvalue weighted by Crippen LogP contribution is 2.63. The van der Waals surface area contributed by atoms with E-state index in [1.165, 1.54) is 7.11 Å². The van der Waals surface area contributed by atoms with Crippen LogP contribution in [0.2, 0.25) is 0 Å². The molecule has 5 unspecified atom stereocenters. The van der Waals surface area contributed by atoms with Gasteiger partial charge < -0.3 is 24.6 Å². The number of methoxy groups -OCH3 is 1. The van der Waals surface area contributed by atoms with Gasteiger partial charge in [-0.2, -0.15) is 0 Å². The summed E-state index contributed by atoms with van der Waals surface area (Å²) in [5, 5.41) is 13.5. The second-order valence-corrected chi connectivity index (χ2v) is 11.1. The van der Waals surface area contributed by atoms with Gasteiger partial charge in [0.25, 0.3) is 0 Å². The maximum Gasteiger partial charge on any atom is 0.342 e. The Morgan fingerprint density at radius 2 is 2.00 bits per heavy atom. The molecule has 8 heteroatoms. The smallest absolute Gasteiger partial charge is 0.342 e. The van der Waals surface area contributed by atoms with Crippen molar-refractivity contribution in [1.82, 2.24) is 5.32 Å². The highest BCUT2D eigenvalue weighted by atomic mass is 16.6. The number of aliphatic hydroxyl groups is 1. The number of para-hydroxylation sites is 1. The number of carbonyl (C=O) groups excluding carboxylic acids is 2. The Kier molecular flexibility index (Phi) is 7.20. The molecule has 0 heterocycles. The normalized spacial score (nSPS) is 28.8. The summed E-state index contributed by atoms with van der Waals surface area (Å²) in [4.78, 5) is 24.0. The van der Waals surface area contributed by atoms with Gasteiger partial charge in [-0.05, 0) is 75.8 Å². The van der Waals surface area contributed by atoms with Crippen molar-refractivity contribution in [3.05, 3.63) is 29.3 Å². The van der Waals surface area contributed by atoms with Crippen molar-refractivity contribution in [2.75, 3.05) is 7.11 Å². The van der Waals surface area contributed by atoms with Crippen molar-refractivity contribution in [2.24, 2.45) is 17.3 Å². The van der Waals surface area contributed by atoms with Crippen LogP contribution in [0.1, 0.15) is 70.3 Å². The lowest BCUT2D eigenvalue weighted by molar-refractivity contribution is -0.234. The average Bonchev–Trinajstić information content (AvgIpc) is 2.72. The minimum Gasteiger partial charge on any atom is -0.496 e. The van der Waals surface area contributed by atoms with E-state index < -0.39 is 29.2 Å². The molecule has 2 N–H and O–H groups in total. The van der Waals surface area contributed by atoms with Gasteiger partial charge in [-0.1, -0.05) is 26.0 Å². The van der Waals surface area contributed by atoms with E-state index in [2.05, 4.69) is 19.2 Å². The zero-order valence-electron chi connectivity index (χ0n) is 20.8. The molecule has 1 aromatic carbocycles. The fraction of sp³-hybridized carbons (Fsp3) is 0.680. The second kappa shape index (κ2) is 9.30. The number of esters is 1. The van der Waals surface area contributed by atoms with Crippen LogP contribution in [0.5, 0.6) is 5.75 Å². The Morgan fingerprint density at radius 1 is 1.30 bits per heavy atom. The van der Waals surface area contributed by atoms with Crippen LogP contribution in [0.4, 0.5) is 0 Å². The fourth-order valence-electron chi connectivity index (χ4n) is 5.46. The van der Waals surface area contributed by atoms with Crippen LogP contribution in [0, 0.1) is 17.3 Å². The first kappa shape index (κ1) is 25.6. The van der Waals surface area contributed by atoms with Crippen molar-refractivity contribution < 1.29 is 28.8 Å². The number of hydrogen-bond acceptors (Lipinski definition) is 6. The zero-order chi connectivity index (χ0) is 24.6. The molecule has 1 amide bonds. The van der Waals surface area contributed by atoms with E-state index in [4.69, 9.17) is 14.1 Å². The average molecular weight is 458 g/mol. The monoisotopic (exact) mass is 458 g/mol. The molecule has 0 aromatic heterocycles. The molecular formula is C25H37BNO6. The van der Waals surface area contributed by atoms with Crippen molar-refractivity contribution >= 4 is 19.9 Å². The molecule has 0 spiro atoms. The highest BCUT2D eigenvalue weighted by molar-refractivity contribution is 6.30. The van der Waals surface area contributed by atoms with Crippen LogP contribution in [-0.4, -0.2) is 55.3 Å². The van der Waals surface area contributed by atoms with Gasteiger partial charge in [0.05, 0.1) is 18.8 Å².